The molecule has 1 amide bonds. The van der Waals surface area contributed by atoms with Crippen LogP contribution < -0.4 is 4.90 Å². The zero-order valence-corrected chi connectivity index (χ0v) is 17.4. The molecule has 1 fully saturated rings. The van der Waals surface area contributed by atoms with Gasteiger partial charge in [-0.2, -0.15) is 5.26 Å². The first-order chi connectivity index (χ1) is 13.1. The number of carbonyl (C=O) groups excluding carboxylic acids is 1. The maximum atomic E-state index is 12.7. The minimum absolute atomic E-state index is 0.282. The number of anilines is 1. The number of pyridine rings is 1. The van der Waals surface area contributed by atoms with E-state index in [0.717, 1.165) is 55.7 Å². The van der Waals surface area contributed by atoms with Crippen molar-refractivity contribution < 1.29 is 4.79 Å². The molecule has 0 bridgehead atoms. The van der Waals surface area contributed by atoms with E-state index in [1.807, 2.05) is 11.0 Å². The molecule has 0 radical (unpaired) electrons. The Hall–Kier alpha value is -1.91. The second kappa shape index (κ2) is 7.99. The SMILES string of the molecule is N#Cc1cc(Br)cnc1N1CCC(CC(=O)N2CCc3sccc3C2)CC1. The average molecular weight is 445 g/mol. The first kappa shape index (κ1) is 18.5. The fourth-order valence-electron chi connectivity index (χ4n) is 3.95. The van der Waals surface area contributed by atoms with Crippen molar-refractivity contribution in [2.75, 3.05) is 24.5 Å². The number of carbonyl (C=O) groups is 1. The maximum Gasteiger partial charge on any atom is 0.223 e. The number of thiophene rings is 1. The van der Waals surface area contributed by atoms with Crippen LogP contribution in [0.3, 0.4) is 0 Å². The number of fused-ring (bicyclic) bond motifs is 1. The third-order valence-electron chi connectivity index (χ3n) is 5.49. The van der Waals surface area contributed by atoms with E-state index in [2.05, 4.69) is 43.3 Å². The second-order valence-electron chi connectivity index (χ2n) is 7.21. The summed E-state index contributed by atoms with van der Waals surface area (Å²) < 4.78 is 0.818. The van der Waals surface area contributed by atoms with Crippen LogP contribution in [-0.4, -0.2) is 35.4 Å². The van der Waals surface area contributed by atoms with E-state index in [1.54, 1.807) is 17.5 Å². The molecule has 140 valence electrons. The van der Waals surface area contributed by atoms with Gasteiger partial charge in [-0.15, -0.1) is 11.3 Å². The monoisotopic (exact) mass is 444 g/mol. The topological polar surface area (TPSA) is 60.2 Å². The van der Waals surface area contributed by atoms with Crippen molar-refractivity contribution in [2.45, 2.75) is 32.2 Å². The van der Waals surface area contributed by atoms with Crippen LogP contribution in [0.2, 0.25) is 0 Å². The number of nitrogens with zero attached hydrogens (tertiary/aromatic N) is 4. The Morgan fingerprint density at radius 1 is 1.37 bits per heavy atom. The summed E-state index contributed by atoms with van der Waals surface area (Å²) in [5.74, 6) is 1.45. The maximum absolute atomic E-state index is 12.7. The van der Waals surface area contributed by atoms with Gasteiger partial charge in [0.05, 0.1) is 5.56 Å². The van der Waals surface area contributed by atoms with Crippen LogP contribution in [0.15, 0.2) is 28.2 Å². The number of amides is 1. The van der Waals surface area contributed by atoms with Crippen LogP contribution in [0.25, 0.3) is 0 Å². The number of halogens is 1. The molecule has 2 aromatic heterocycles. The first-order valence-corrected chi connectivity index (χ1v) is 10.9. The minimum Gasteiger partial charge on any atom is -0.356 e. The summed E-state index contributed by atoms with van der Waals surface area (Å²) in [6.45, 7) is 3.30. The highest BCUT2D eigenvalue weighted by Gasteiger charge is 2.27. The molecule has 0 N–H and O–H groups in total. The van der Waals surface area contributed by atoms with E-state index in [-0.39, 0.29) is 5.91 Å². The lowest BCUT2D eigenvalue weighted by atomic mass is 9.92. The molecule has 2 aliphatic rings. The molecule has 0 aromatic carbocycles. The summed E-state index contributed by atoms with van der Waals surface area (Å²) in [5, 5.41) is 11.5. The molecule has 4 heterocycles. The van der Waals surface area contributed by atoms with Gasteiger partial charge in [0.1, 0.15) is 11.9 Å². The number of hydrogen-bond donors (Lipinski definition) is 0. The van der Waals surface area contributed by atoms with Gasteiger partial charge in [-0.1, -0.05) is 0 Å². The molecule has 7 heteroatoms. The number of hydrogen-bond acceptors (Lipinski definition) is 5. The molecular weight excluding hydrogens is 424 g/mol. The van der Waals surface area contributed by atoms with Gasteiger partial charge in [-0.3, -0.25) is 4.79 Å². The van der Waals surface area contributed by atoms with E-state index in [1.165, 1.54) is 10.4 Å². The predicted molar refractivity (Wildman–Crippen MR) is 110 cm³/mol. The Bertz CT molecular complexity index is 882. The summed E-state index contributed by atoms with van der Waals surface area (Å²) in [6, 6.07) is 6.19. The van der Waals surface area contributed by atoms with Gasteiger partial charge < -0.3 is 9.80 Å². The molecule has 0 spiro atoms. The fourth-order valence-corrected chi connectivity index (χ4v) is 5.17. The molecule has 2 aromatic rings. The number of nitriles is 1. The predicted octanol–water partition coefficient (Wildman–Crippen LogP) is 3.97. The van der Waals surface area contributed by atoms with E-state index >= 15 is 0 Å². The molecular formula is C20H21BrN4OS. The summed E-state index contributed by atoms with van der Waals surface area (Å²) >= 11 is 5.17. The highest BCUT2D eigenvalue weighted by atomic mass is 79.9. The average Bonchev–Trinajstić information content (AvgIpc) is 3.16. The third kappa shape index (κ3) is 4.02. The van der Waals surface area contributed by atoms with Gasteiger partial charge in [-0.05, 0) is 64.2 Å². The van der Waals surface area contributed by atoms with Crippen LogP contribution in [-0.2, 0) is 17.8 Å². The summed E-state index contributed by atoms with van der Waals surface area (Å²) in [7, 11) is 0. The van der Waals surface area contributed by atoms with Gasteiger partial charge in [0, 0.05) is 48.1 Å². The van der Waals surface area contributed by atoms with E-state index in [0.29, 0.717) is 17.9 Å². The lowest BCUT2D eigenvalue weighted by Gasteiger charge is -2.34. The Morgan fingerprint density at radius 2 is 2.19 bits per heavy atom. The van der Waals surface area contributed by atoms with Gasteiger partial charge in [0.15, 0.2) is 0 Å². The molecule has 2 aliphatic heterocycles. The number of piperidine rings is 1. The molecule has 27 heavy (non-hydrogen) atoms. The third-order valence-corrected chi connectivity index (χ3v) is 6.95. The van der Waals surface area contributed by atoms with Crippen LogP contribution in [0.1, 0.15) is 35.3 Å². The van der Waals surface area contributed by atoms with Gasteiger partial charge in [0.2, 0.25) is 5.91 Å². The van der Waals surface area contributed by atoms with Gasteiger partial charge in [0.25, 0.3) is 0 Å². The highest BCUT2D eigenvalue weighted by molar-refractivity contribution is 9.10. The first-order valence-electron chi connectivity index (χ1n) is 9.27. The number of rotatable bonds is 3. The smallest absolute Gasteiger partial charge is 0.223 e. The van der Waals surface area contributed by atoms with Crippen molar-refractivity contribution in [3.63, 3.8) is 0 Å². The molecule has 1 saturated heterocycles. The Labute approximate surface area is 171 Å². The Morgan fingerprint density at radius 3 is 2.96 bits per heavy atom. The molecule has 0 saturated carbocycles. The Balaban J connectivity index is 1.32. The van der Waals surface area contributed by atoms with Crippen molar-refractivity contribution in [3.8, 4) is 6.07 Å². The summed E-state index contributed by atoms with van der Waals surface area (Å²) in [6.07, 6.45) is 5.29. The van der Waals surface area contributed by atoms with Crippen molar-refractivity contribution in [1.82, 2.24) is 9.88 Å². The molecule has 4 rings (SSSR count). The van der Waals surface area contributed by atoms with Crippen LogP contribution in [0.5, 0.6) is 0 Å². The minimum atomic E-state index is 0.282. The van der Waals surface area contributed by atoms with Crippen molar-refractivity contribution in [3.05, 3.63) is 44.2 Å². The van der Waals surface area contributed by atoms with Crippen molar-refractivity contribution >= 4 is 39.0 Å². The zero-order chi connectivity index (χ0) is 18.8. The summed E-state index contributed by atoms with van der Waals surface area (Å²) in [4.78, 5) is 22.8. The normalized spacial score (nSPS) is 17.5. The molecule has 0 atom stereocenters. The van der Waals surface area contributed by atoms with E-state index < -0.39 is 0 Å². The van der Waals surface area contributed by atoms with Gasteiger partial charge >= 0.3 is 0 Å². The summed E-state index contributed by atoms with van der Waals surface area (Å²) in [5.41, 5.74) is 1.92. The molecule has 5 nitrogen and oxygen atoms in total. The highest BCUT2D eigenvalue weighted by Crippen LogP contribution is 2.29. The standard InChI is InChI=1S/C20H21BrN4OS/c21-17-10-16(11-22)20(23-12-17)24-5-1-14(2-6-24)9-19(26)25-7-3-18-15(13-25)4-8-27-18/h4,8,10,12,14H,1-3,5-7,9,13H2. The zero-order valence-electron chi connectivity index (χ0n) is 15.0. The Kier molecular flexibility index (Phi) is 5.46. The van der Waals surface area contributed by atoms with Gasteiger partial charge in [-0.25, -0.2) is 4.98 Å². The van der Waals surface area contributed by atoms with Crippen molar-refractivity contribution in [2.24, 2.45) is 5.92 Å². The lowest BCUT2D eigenvalue weighted by molar-refractivity contribution is -0.133. The molecule has 0 unspecified atom stereocenters. The fraction of sp³-hybridized carbons (Fsp3) is 0.450. The lowest BCUT2D eigenvalue weighted by Crippen LogP contribution is -2.39. The van der Waals surface area contributed by atoms with E-state index in [9.17, 15) is 10.1 Å². The largest absolute Gasteiger partial charge is 0.356 e. The van der Waals surface area contributed by atoms with Crippen molar-refractivity contribution in [1.29, 1.82) is 5.26 Å². The van der Waals surface area contributed by atoms with Crippen LogP contribution >= 0.6 is 27.3 Å². The quantitative estimate of drug-likeness (QED) is 0.718. The molecule has 0 aliphatic carbocycles. The van der Waals surface area contributed by atoms with Crippen LogP contribution in [0.4, 0.5) is 5.82 Å². The van der Waals surface area contributed by atoms with E-state index in [4.69, 9.17) is 0 Å². The number of aromatic nitrogens is 1. The second-order valence-corrected chi connectivity index (χ2v) is 9.12. The van der Waals surface area contributed by atoms with Crippen LogP contribution in [0, 0.1) is 17.2 Å².